The van der Waals surface area contributed by atoms with Gasteiger partial charge in [0.2, 0.25) is 11.8 Å². The highest BCUT2D eigenvalue weighted by Gasteiger charge is 2.40. The minimum atomic E-state index is -0.478. The van der Waals surface area contributed by atoms with Gasteiger partial charge in [-0.15, -0.1) is 0 Å². The molecule has 0 bridgehead atoms. The second kappa shape index (κ2) is 9.32. The van der Waals surface area contributed by atoms with E-state index in [0.717, 1.165) is 19.3 Å². The summed E-state index contributed by atoms with van der Waals surface area (Å²) in [6.07, 6.45) is 3.98. The number of hydrogen-bond acceptors (Lipinski definition) is 4. The van der Waals surface area contributed by atoms with E-state index in [2.05, 4.69) is 17.6 Å². The van der Waals surface area contributed by atoms with Crippen LogP contribution in [0.25, 0.3) is 0 Å². The second-order valence-corrected chi connectivity index (χ2v) is 8.09. The molecule has 0 aromatic heterocycles. The zero-order valence-corrected chi connectivity index (χ0v) is 16.6. The van der Waals surface area contributed by atoms with Crippen molar-refractivity contribution in [3.8, 4) is 0 Å². The summed E-state index contributed by atoms with van der Waals surface area (Å²) in [6, 6.07) is -1.27. The minimum absolute atomic E-state index is 0.0273. The van der Waals surface area contributed by atoms with Crippen LogP contribution in [0.15, 0.2) is 0 Å². The predicted octanol–water partition coefficient (Wildman–Crippen LogP) is 1.88. The van der Waals surface area contributed by atoms with Crippen LogP contribution in [-0.4, -0.2) is 54.2 Å². The lowest BCUT2D eigenvalue weighted by molar-refractivity contribution is -0.142. The number of carbonyl (C=O) groups is 3. The van der Waals surface area contributed by atoms with E-state index in [9.17, 15) is 14.4 Å². The summed E-state index contributed by atoms with van der Waals surface area (Å²) in [5, 5.41) is 5.96. The average Bonchev–Trinajstić information content (AvgIpc) is 2.99. The molecule has 0 aromatic rings. The molecule has 1 fully saturated rings. The van der Waals surface area contributed by atoms with Gasteiger partial charge in [-0.25, -0.2) is 0 Å². The van der Waals surface area contributed by atoms with E-state index in [-0.39, 0.29) is 29.1 Å². The summed E-state index contributed by atoms with van der Waals surface area (Å²) in [4.78, 5) is 39.1. The lowest BCUT2D eigenvalue weighted by Crippen LogP contribution is -2.56. The molecule has 2 N–H and O–H groups in total. The number of nitrogens with one attached hydrogen (secondary N) is 2. The maximum Gasteiger partial charge on any atom is 0.243 e. The molecule has 3 atom stereocenters. The summed E-state index contributed by atoms with van der Waals surface area (Å²) in [5.41, 5.74) is -0.238. The Bertz CT molecular complexity index is 485. The number of amides is 2. The molecule has 0 saturated carbocycles. The average molecular weight is 354 g/mol. The summed E-state index contributed by atoms with van der Waals surface area (Å²) < 4.78 is 0. The largest absolute Gasteiger partial charge is 0.345 e. The van der Waals surface area contributed by atoms with Crippen molar-refractivity contribution in [2.75, 3.05) is 13.6 Å². The zero-order valence-electron chi connectivity index (χ0n) is 16.6. The van der Waals surface area contributed by atoms with Crippen molar-refractivity contribution in [1.29, 1.82) is 0 Å². The molecule has 6 heteroatoms. The highest BCUT2D eigenvalue weighted by Crippen LogP contribution is 2.25. The van der Waals surface area contributed by atoms with Gasteiger partial charge in [-0.1, -0.05) is 40.5 Å². The number of unbranched alkanes of at least 4 members (excludes halogenated alkanes) is 1. The Morgan fingerprint density at radius 2 is 1.88 bits per heavy atom. The van der Waals surface area contributed by atoms with Gasteiger partial charge in [-0.2, -0.15) is 0 Å². The Balaban J connectivity index is 2.83. The summed E-state index contributed by atoms with van der Waals surface area (Å²) >= 11 is 0. The molecule has 6 nitrogen and oxygen atoms in total. The van der Waals surface area contributed by atoms with Gasteiger partial charge in [0.05, 0.1) is 12.1 Å². The summed E-state index contributed by atoms with van der Waals surface area (Å²) in [7, 11) is 1.77. The maximum absolute atomic E-state index is 12.9. The number of ketones is 1. The number of carbonyl (C=O) groups excluding carboxylic acids is 3. The molecule has 3 unspecified atom stereocenters. The second-order valence-electron chi connectivity index (χ2n) is 8.09. The lowest BCUT2D eigenvalue weighted by atomic mass is 9.86. The molecule has 1 saturated heterocycles. The van der Waals surface area contributed by atoms with E-state index in [1.165, 1.54) is 6.92 Å². The molecule has 0 aliphatic carbocycles. The van der Waals surface area contributed by atoms with Crippen molar-refractivity contribution >= 4 is 17.6 Å². The predicted molar refractivity (Wildman–Crippen MR) is 99.2 cm³/mol. The van der Waals surface area contributed by atoms with Crippen LogP contribution < -0.4 is 10.6 Å². The van der Waals surface area contributed by atoms with Gasteiger partial charge in [-0.05, 0) is 38.6 Å². The van der Waals surface area contributed by atoms with Crippen LogP contribution in [0.5, 0.6) is 0 Å². The first-order valence-electron chi connectivity index (χ1n) is 9.42. The first-order chi connectivity index (χ1) is 11.6. The minimum Gasteiger partial charge on any atom is -0.345 e. The third-order valence-electron chi connectivity index (χ3n) is 4.89. The smallest absolute Gasteiger partial charge is 0.243 e. The van der Waals surface area contributed by atoms with Gasteiger partial charge in [-0.3, -0.25) is 14.4 Å². The molecule has 144 valence electrons. The fourth-order valence-electron chi connectivity index (χ4n) is 3.45. The van der Waals surface area contributed by atoms with E-state index >= 15 is 0 Å². The van der Waals surface area contributed by atoms with Crippen LogP contribution in [0.2, 0.25) is 0 Å². The number of nitrogens with zero attached hydrogens (tertiary/aromatic N) is 1. The number of likely N-dealkylation sites (tertiary alicyclic amines) is 1. The number of Topliss-reactive ketones (excluding diaryl/α,β-unsaturated/α-hetero) is 1. The quantitative estimate of drug-likeness (QED) is 0.698. The number of likely N-dealkylation sites (N-methyl/N-ethyl adjacent to an activating group) is 1. The molecule has 1 rings (SSSR count). The monoisotopic (exact) mass is 353 g/mol. The van der Waals surface area contributed by atoms with Crippen molar-refractivity contribution in [1.82, 2.24) is 15.5 Å². The third kappa shape index (κ3) is 5.80. The Kier molecular flexibility index (Phi) is 8.06. The van der Waals surface area contributed by atoms with E-state index in [4.69, 9.17) is 0 Å². The topological polar surface area (TPSA) is 78.5 Å². The van der Waals surface area contributed by atoms with Crippen molar-refractivity contribution in [2.45, 2.75) is 84.8 Å². The Labute approximate surface area is 152 Å². The maximum atomic E-state index is 12.9. The molecule has 1 aliphatic heterocycles. The first kappa shape index (κ1) is 21.6. The molecular weight excluding hydrogens is 318 g/mol. The van der Waals surface area contributed by atoms with E-state index < -0.39 is 12.1 Å². The van der Waals surface area contributed by atoms with Gasteiger partial charge >= 0.3 is 0 Å². The van der Waals surface area contributed by atoms with Crippen molar-refractivity contribution < 1.29 is 14.4 Å². The van der Waals surface area contributed by atoms with Crippen LogP contribution in [-0.2, 0) is 14.4 Å². The molecule has 2 amide bonds. The van der Waals surface area contributed by atoms with Crippen LogP contribution in [0.4, 0.5) is 0 Å². The van der Waals surface area contributed by atoms with E-state index in [0.29, 0.717) is 19.4 Å². The van der Waals surface area contributed by atoms with Crippen molar-refractivity contribution in [2.24, 2.45) is 5.41 Å². The summed E-state index contributed by atoms with van der Waals surface area (Å²) in [6.45, 7) is 10.2. The molecular formula is C19H35N3O3. The van der Waals surface area contributed by atoms with Crippen LogP contribution in [0.1, 0.15) is 66.7 Å². The third-order valence-corrected chi connectivity index (χ3v) is 4.89. The fraction of sp³-hybridized carbons (Fsp3) is 0.842. The fourth-order valence-corrected chi connectivity index (χ4v) is 3.45. The number of hydrogen-bond donors (Lipinski definition) is 2. The van der Waals surface area contributed by atoms with Crippen molar-refractivity contribution in [3.63, 3.8) is 0 Å². The number of rotatable bonds is 8. The van der Waals surface area contributed by atoms with Crippen LogP contribution in [0.3, 0.4) is 0 Å². The normalized spacial score (nSPS) is 20.2. The van der Waals surface area contributed by atoms with E-state index in [1.807, 2.05) is 20.8 Å². The molecule has 0 spiro atoms. The lowest BCUT2D eigenvalue weighted by Gasteiger charge is -2.35. The van der Waals surface area contributed by atoms with Gasteiger partial charge < -0.3 is 15.5 Å². The SMILES string of the molecule is CCCCC(NC(=O)C1CCCN1C(=O)C(NC)C(C)(C)C)C(C)=O. The van der Waals surface area contributed by atoms with Crippen LogP contribution in [0, 0.1) is 5.41 Å². The molecule has 0 aromatic carbocycles. The zero-order chi connectivity index (χ0) is 19.2. The van der Waals surface area contributed by atoms with Gasteiger partial charge in [0.25, 0.3) is 0 Å². The Morgan fingerprint density at radius 3 is 2.36 bits per heavy atom. The first-order valence-corrected chi connectivity index (χ1v) is 9.42. The molecule has 1 aliphatic rings. The molecule has 1 heterocycles. The summed E-state index contributed by atoms with van der Waals surface area (Å²) in [5.74, 6) is -0.271. The Hall–Kier alpha value is -1.43. The Morgan fingerprint density at radius 1 is 1.24 bits per heavy atom. The molecule has 0 radical (unpaired) electrons. The highest BCUT2D eigenvalue weighted by molar-refractivity contribution is 5.93. The van der Waals surface area contributed by atoms with Gasteiger partial charge in [0, 0.05) is 6.54 Å². The standard InChI is InChI=1S/C19H35N3O3/c1-7-8-10-14(13(2)23)21-17(24)15-11-9-12-22(15)18(25)16(20-6)19(3,4)5/h14-16,20H,7-12H2,1-6H3,(H,21,24). The van der Waals surface area contributed by atoms with Gasteiger partial charge in [0.15, 0.2) is 5.78 Å². The molecule has 25 heavy (non-hydrogen) atoms. The van der Waals surface area contributed by atoms with Crippen LogP contribution >= 0.6 is 0 Å². The van der Waals surface area contributed by atoms with Gasteiger partial charge in [0.1, 0.15) is 6.04 Å². The van der Waals surface area contributed by atoms with E-state index in [1.54, 1.807) is 11.9 Å². The van der Waals surface area contributed by atoms with Crippen molar-refractivity contribution in [3.05, 3.63) is 0 Å². The highest BCUT2D eigenvalue weighted by atomic mass is 16.2.